The average molecular weight is 208 g/mol. The number of nitrogens with one attached hydrogen (secondary N) is 1. The molecule has 2 rings (SSSR count). The van der Waals surface area contributed by atoms with Crippen molar-refractivity contribution in [3.05, 3.63) is 17.8 Å². The molecule has 1 aromatic heterocycles. The Morgan fingerprint density at radius 1 is 1.40 bits per heavy atom. The van der Waals surface area contributed by atoms with Gasteiger partial charge in [0.2, 0.25) is 5.88 Å². The Kier molecular flexibility index (Phi) is 3.06. The first-order chi connectivity index (χ1) is 7.33. The van der Waals surface area contributed by atoms with Crippen molar-refractivity contribution in [1.82, 2.24) is 10.3 Å². The maximum absolute atomic E-state index is 5.28. The van der Waals surface area contributed by atoms with Crippen LogP contribution in [0.3, 0.4) is 0 Å². The molecule has 82 valence electrons. The lowest BCUT2D eigenvalue weighted by atomic mass is 9.94. The first-order valence-electron chi connectivity index (χ1n) is 5.11. The highest BCUT2D eigenvalue weighted by Gasteiger charge is 2.19. The molecule has 1 saturated heterocycles. The largest absolute Gasteiger partial charge is 0.495 e. The highest BCUT2D eigenvalue weighted by molar-refractivity contribution is 5.35. The fraction of sp³-hybridized carbons (Fsp3) is 0.545. The fourth-order valence-corrected chi connectivity index (χ4v) is 1.72. The standard InChI is InChI=1S/C11H16N2O2/c1-14-10-7-13-11(15-2)4-9(10)3-8-5-12-6-8/h4,7-8,12H,3,5-6H2,1-2H3. The molecular formula is C11H16N2O2. The van der Waals surface area contributed by atoms with Gasteiger partial charge in [0.05, 0.1) is 20.4 Å². The average Bonchev–Trinajstić information content (AvgIpc) is 2.23. The first-order valence-corrected chi connectivity index (χ1v) is 5.11. The second-order valence-corrected chi connectivity index (χ2v) is 3.77. The first kappa shape index (κ1) is 10.2. The summed E-state index contributed by atoms with van der Waals surface area (Å²) in [6.07, 6.45) is 2.75. The zero-order valence-electron chi connectivity index (χ0n) is 9.12. The molecule has 0 aromatic carbocycles. The van der Waals surface area contributed by atoms with E-state index in [4.69, 9.17) is 9.47 Å². The molecule has 1 aliphatic rings. The van der Waals surface area contributed by atoms with Crippen molar-refractivity contribution in [3.8, 4) is 11.6 Å². The van der Waals surface area contributed by atoms with Crippen LogP contribution < -0.4 is 14.8 Å². The van der Waals surface area contributed by atoms with Crippen LogP contribution in [0.4, 0.5) is 0 Å². The SMILES string of the molecule is COc1cc(CC2CNC2)c(OC)cn1. The molecule has 0 unspecified atom stereocenters. The van der Waals surface area contributed by atoms with Crippen LogP contribution in [0.5, 0.6) is 11.6 Å². The van der Waals surface area contributed by atoms with Crippen molar-refractivity contribution in [3.63, 3.8) is 0 Å². The smallest absolute Gasteiger partial charge is 0.213 e. The number of hydrogen-bond donors (Lipinski definition) is 1. The molecule has 4 nitrogen and oxygen atoms in total. The molecule has 2 heterocycles. The van der Waals surface area contributed by atoms with E-state index >= 15 is 0 Å². The van der Waals surface area contributed by atoms with Gasteiger partial charge in [-0.25, -0.2) is 4.98 Å². The highest BCUT2D eigenvalue weighted by Crippen LogP contribution is 2.25. The van der Waals surface area contributed by atoms with E-state index in [-0.39, 0.29) is 0 Å². The molecule has 0 atom stereocenters. The Hall–Kier alpha value is -1.29. The highest BCUT2D eigenvalue weighted by atomic mass is 16.5. The minimum absolute atomic E-state index is 0.651. The molecule has 4 heteroatoms. The molecule has 15 heavy (non-hydrogen) atoms. The van der Waals surface area contributed by atoms with E-state index in [1.807, 2.05) is 6.07 Å². The summed E-state index contributed by atoms with van der Waals surface area (Å²) in [5, 5.41) is 3.26. The minimum atomic E-state index is 0.651. The van der Waals surface area contributed by atoms with Gasteiger partial charge in [0.1, 0.15) is 5.75 Å². The Morgan fingerprint density at radius 2 is 2.20 bits per heavy atom. The van der Waals surface area contributed by atoms with Crippen molar-refractivity contribution in [1.29, 1.82) is 0 Å². The molecular weight excluding hydrogens is 192 g/mol. The van der Waals surface area contributed by atoms with Gasteiger partial charge in [0.15, 0.2) is 0 Å². The van der Waals surface area contributed by atoms with Crippen LogP contribution in [0.2, 0.25) is 0 Å². The number of aromatic nitrogens is 1. The van der Waals surface area contributed by atoms with Crippen LogP contribution in [-0.4, -0.2) is 32.3 Å². The van der Waals surface area contributed by atoms with Crippen molar-refractivity contribution in [2.24, 2.45) is 5.92 Å². The summed E-state index contributed by atoms with van der Waals surface area (Å²) in [6.45, 7) is 2.18. The number of rotatable bonds is 4. The second kappa shape index (κ2) is 4.49. The van der Waals surface area contributed by atoms with Crippen LogP contribution >= 0.6 is 0 Å². The van der Waals surface area contributed by atoms with Gasteiger partial charge >= 0.3 is 0 Å². The maximum Gasteiger partial charge on any atom is 0.213 e. The monoisotopic (exact) mass is 208 g/mol. The van der Waals surface area contributed by atoms with Crippen molar-refractivity contribution >= 4 is 0 Å². The maximum atomic E-state index is 5.28. The summed E-state index contributed by atoms with van der Waals surface area (Å²) in [6, 6.07) is 1.96. The molecule has 1 N–H and O–H groups in total. The Morgan fingerprint density at radius 3 is 2.73 bits per heavy atom. The summed E-state index contributed by atoms with van der Waals surface area (Å²) in [5.41, 5.74) is 1.18. The third-order valence-corrected chi connectivity index (χ3v) is 2.73. The number of ether oxygens (including phenoxy) is 2. The van der Waals surface area contributed by atoms with Gasteiger partial charge < -0.3 is 14.8 Å². The van der Waals surface area contributed by atoms with Gasteiger partial charge in [-0.2, -0.15) is 0 Å². The van der Waals surface area contributed by atoms with Crippen LogP contribution in [-0.2, 0) is 6.42 Å². The third kappa shape index (κ3) is 2.21. The van der Waals surface area contributed by atoms with Crippen LogP contribution in [0.15, 0.2) is 12.3 Å². The van der Waals surface area contributed by atoms with Crippen LogP contribution in [0.1, 0.15) is 5.56 Å². The summed E-state index contributed by atoms with van der Waals surface area (Å²) in [7, 11) is 3.30. The van der Waals surface area contributed by atoms with Crippen molar-refractivity contribution < 1.29 is 9.47 Å². The lowest BCUT2D eigenvalue weighted by Crippen LogP contribution is -2.43. The van der Waals surface area contributed by atoms with Gasteiger partial charge in [0.25, 0.3) is 0 Å². The van der Waals surface area contributed by atoms with Crippen LogP contribution in [0, 0.1) is 5.92 Å². The zero-order chi connectivity index (χ0) is 10.7. The van der Waals surface area contributed by atoms with E-state index in [0.29, 0.717) is 11.8 Å². The van der Waals surface area contributed by atoms with Gasteiger partial charge in [-0.1, -0.05) is 0 Å². The number of pyridine rings is 1. The summed E-state index contributed by atoms with van der Waals surface area (Å²) in [4.78, 5) is 4.12. The van der Waals surface area contributed by atoms with Crippen molar-refractivity contribution in [2.45, 2.75) is 6.42 Å². The fourth-order valence-electron chi connectivity index (χ4n) is 1.72. The predicted molar refractivity (Wildman–Crippen MR) is 57.4 cm³/mol. The third-order valence-electron chi connectivity index (χ3n) is 2.73. The molecule has 0 radical (unpaired) electrons. The predicted octanol–water partition coefficient (Wildman–Crippen LogP) is 0.861. The van der Waals surface area contributed by atoms with E-state index in [0.717, 1.165) is 25.3 Å². The molecule has 1 aromatic rings. The molecule has 0 aliphatic carbocycles. The molecule has 1 aliphatic heterocycles. The topological polar surface area (TPSA) is 43.4 Å². The normalized spacial score (nSPS) is 15.9. The molecule has 0 bridgehead atoms. The Balaban J connectivity index is 2.16. The molecule has 0 amide bonds. The Bertz CT molecular complexity index is 337. The van der Waals surface area contributed by atoms with E-state index in [9.17, 15) is 0 Å². The van der Waals surface area contributed by atoms with E-state index < -0.39 is 0 Å². The minimum Gasteiger partial charge on any atom is -0.495 e. The second-order valence-electron chi connectivity index (χ2n) is 3.77. The number of hydrogen-bond acceptors (Lipinski definition) is 4. The molecule has 0 saturated carbocycles. The number of methoxy groups -OCH3 is 2. The molecule has 1 fully saturated rings. The van der Waals surface area contributed by atoms with Gasteiger partial charge in [-0.3, -0.25) is 0 Å². The quantitative estimate of drug-likeness (QED) is 0.797. The lowest BCUT2D eigenvalue weighted by Gasteiger charge is -2.27. The summed E-state index contributed by atoms with van der Waals surface area (Å²) >= 11 is 0. The summed E-state index contributed by atoms with van der Waals surface area (Å²) < 4.78 is 10.4. The lowest BCUT2D eigenvalue weighted by molar-refractivity contribution is 0.335. The van der Waals surface area contributed by atoms with Gasteiger partial charge in [-0.05, 0) is 25.4 Å². The zero-order valence-corrected chi connectivity index (χ0v) is 9.12. The Labute approximate surface area is 89.6 Å². The van der Waals surface area contributed by atoms with E-state index in [2.05, 4.69) is 10.3 Å². The van der Waals surface area contributed by atoms with Crippen molar-refractivity contribution in [2.75, 3.05) is 27.3 Å². The van der Waals surface area contributed by atoms with Gasteiger partial charge in [-0.15, -0.1) is 0 Å². The number of nitrogens with zero attached hydrogens (tertiary/aromatic N) is 1. The van der Waals surface area contributed by atoms with Gasteiger partial charge in [0, 0.05) is 11.6 Å². The van der Waals surface area contributed by atoms with Crippen LogP contribution in [0.25, 0.3) is 0 Å². The van der Waals surface area contributed by atoms with E-state index in [1.54, 1.807) is 20.4 Å². The molecule has 0 spiro atoms. The van der Waals surface area contributed by atoms with E-state index in [1.165, 1.54) is 5.56 Å². The summed E-state index contributed by atoms with van der Waals surface area (Å²) in [5.74, 6) is 2.21.